The van der Waals surface area contributed by atoms with E-state index in [2.05, 4.69) is 67.8 Å². The van der Waals surface area contributed by atoms with Crippen molar-refractivity contribution in [3.63, 3.8) is 0 Å². The average molecular weight is 983 g/mol. The Morgan fingerprint density at radius 2 is 0.714 bits per heavy atom. The van der Waals surface area contributed by atoms with Crippen molar-refractivity contribution in [3.05, 3.63) is 48.6 Å². The molecule has 0 aliphatic carbocycles. The summed E-state index contributed by atoms with van der Waals surface area (Å²) in [7, 11) is 0. The number of rotatable bonds is 57. The Morgan fingerprint density at radius 1 is 0.400 bits per heavy atom. The number of amides is 1. The first-order valence-electron chi connectivity index (χ1n) is 30.9. The lowest BCUT2D eigenvalue weighted by molar-refractivity contribution is -0.143. The molecule has 2 unspecified atom stereocenters. The van der Waals surface area contributed by atoms with Crippen LogP contribution in [-0.4, -0.2) is 47.4 Å². The van der Waals surface area contributed by atoms with E-state index in [-0.39, 0.29) is 18.5 Å². The van der Waals surface area contributed by atoms with Gasteiger partial charge >= 0.3 is 5.97 Å². The van der Waals surface area contributed by atoms with Crippen molar-refractivity contribution in [1.29, 1.82) is 0 Å². The minimum Gasteiger partial charge on any atom is -0.466 e. The van der Waals surface area contributed by atoms with Gasteiger partial charge in [0.15, 0.2) is 0 Å². The van der Waals surface area contributed by atoms with Crippen LogP contribution in [0.15, 0.2) is 48.6 Å². The SMILES string of the molecule is CCCCC/C=C\C/C=C\CCCCCCCCCC(=O)OCCCCC/C=C\C/C=C\CCCCCCCCCC(=O)NC(CO)C(O)CCCCCCCCCCCCCCCCCCCCC. The zero-order valence-electron chi connectivity index (χ0n) is 46.7. The minimum absolute atomic E-state index is 0.0232. The molecule has 1 amide bonds. The smallest absolute Gasteiger partial charge is 0.305 e. The van der Waals surface area contributed by atoms with Crippen LogP contribution in [0.3, 0.4) is 0 Å². The van der Waals surface area contributed by atoms with E-state index in [1.54, 1.807) is 0 Å². The fraction of sp³-hybridized carbons (Fsp3) is 0.844. The number of hydrogen-bond donors (Lipinski definition) is 3. The normalized spacial score (nSPS) is 12.9. The van der Waals surface area contributed by atoms with E-state index >= 15 is 0 Å². The zero-order valence-corrected chi connectivity index (χ0v) is 46.7. The summed E-state index contributed by atoms with van der Waals surface area (Å²) >= 11 is 0. The summed E-state index contributed by atoms with van der Waals surface area (Å²) in [5.74, 6) is -0.0729. The summed E-state index contributed by atoms with van der Waals surface area (Å²) < 4.78 is 5.46. The predicted molar refractivity (Wildman–Crippen MR) is 306 cm³/mol. The summed E-state index contributed by atoms with van der Waals surface area (Å²) in [6, 6.07) is -0.556. The van der Waals surface area contributed by atoms with Crippen LogP contribution in [-0.2, 0) is 14.3 Å². The molecular weight excluding hydrogens is 863 g/mol. The third kappa shape index (κ3) is 55.1. The Morgan fingerprint density at radius 3 is 1.11 bits per heavy atom. The molecule has 0 aromatic rings. The van der Waals surface area contributed by atoms with Gasteiger partial charge in [-0.1, -0.05) is 262 Å². The van der Waals surface area contributed by atoms with Gasteiger partial charge in [-0.15, -0.1) is 0 Å². The molecule has 0 aromatic heterocycles. The molecular formula is C64H119NO5. The van der Waals surface area contributed by atoms with E-state index < -0.39 is 12.1 Å². The average Bonchev–Trinajstić information content (AvgIpc) is 3.36. The van der Waals surface area contributed by atoms with Gasteiger partial charge < -0.3 is 20.3 Å². The Labute approximate surface area is 436 Å². The van der Waals surface area contributed by atoms with Gasteiger partial charge in [0.05, 0.1) is 25.4 Å². The second-order valence-electron chi connectivity index (χ2n) is 21.0. The fourth-order valence-electron chi connectivity index (χ4n) is 9.35. The van der Waals surface area contributed by atoms with Gasteiger partial charge in [-0.2, -0.15) is 0 Å². The molecule has 0 saturated heterocycles. The van der Waals surface area contributed by atoms with Gasteiger partial charge in [0, 0.05) is 12.8 Å². The third-order valence-electron chi connectivity index (χ3n) is 14.1. The van der Waals surface area contributed by atoms with E-state index in [0.717, 1.165) is 89.9 Å². The minimum atomic E-state index is -0.677. The topological polar surface area (TPSA) is 95.9 Å². The molecule has 0 spiro atoms. The van der Waals surface area contributed by atoms with Gasteiger partial charge in [-0.3, -0.25) is 9.59 Å². The summed E-state index contributed by atoms with van der Waals surface area (Å²) in [4.78, 5) is 24.6. The van der Waals surface area contributed by atoms with Crippen LogP contribution in [0, 0.1) is 0 Å². The standard InChI is InChI=1S/C64H119NO5/c1-3-5-7-9-11-13-15-17-19-21-22-25-28-32-36-40-44-48-52-56-62(67)61(60-66)65-63(68)57-53-49-45-41-37-33-29-26-23-27-31-35-39-43-47-51-55-59-70-64(69)58-54-50-46-42-38-34-30-24-20-18-16-14-12-10-8-6-4-2/h12,14,18,20,23,27,35,39,61-62,66-67H,3-11,13,15-17,19,21-22,24-26,28-34,36-38,40-60H2,1-2H3,(H,65,68)/b14-12-,20-18-,27-23-,39-35-. The summed E-state index contributed by atoms with van der Waals surface area (Å²) in [5, 5.41) is 23.3. The summed E-state index contributed by atoms with van der Waals surface area (Å²) in [6.07, 6.45) is 75.4. The van der Waals surface area contributed by atoms with Crippen molar-refractivity contribution < 1.29 is 24.5 Å². The molecule has 0 radical (unpaired) electrons. The van der Waals surface area contributed by atoms with Crippen LogP contribution in [0.25, 0.3) is 0 Å². The third-order valence-corrected chi connectivity index (χ3v) is 14.1. The Kier molecular flexibility index (Phi) is 57.5. The number of carbonyl (C=O) groups excluding carboxylic acids is 2. The number of aliphatic hydroxyl groups is 2. The van der Waals surface area contributed by atoms with Gasteiger partial charge in [-0.05, 0) is 96.3 Å². The molecule has 3 N–H and O–H groups in total. The maximum atomic E-state index is 12.5. The van der Waals surface area contributed by atoms with Crippen LogP contribution in [0.1, 0.15) is 322 Å². The molecule has 0 aromatic carbocycles. The highest BCUT2D eigenvalue weighted by Gasteiger charge is 2.20. The highest BCUT2D eigenvalue weighted by atomic mass is 16.5. The molecule has 70 heavy (non-hydrogen) atoms. The van der Waals surface area contributed by atoms with Crippen molar-refractivity contribution in [2.24, 2.45) is 0 Å². The van der Waals surface area contributed by atoms with Crippen molar-refractivity contribution in [3.8, 4) is 0 Å². The maximum absolute atomic E-state index is 12.5. The number of esters is 1. The quantitative estimate of drug-likeness (QED) is 0.0321. The molecule has 0 rings (SSSR count). The molecule has 2 atom stereocenters. The second-order valence-corrected chi connectivity index (χ2v) is 21.0. The molecule has 0 fully saturated rings. The summed E-state index contributed by atoms with van der Waals surface area (Å²) in [5.41, 5.74) is 0. The second kappa shape index (κ2) is 59.4. The van der Waals surface area contributed by atoms with E-state index in [0.29, 0.717) is 25.9 Å². The number of aliphatic hydroxyl groups excluding tert-OH is 2. The number of unbranched alkanes of at least 4 members (excludes halogenated alkanes) is 38. The van der Waals surface area contributed by atoms with Crippen molar-refractivity contribution >= 4 is 11.9 Å². The molecule has 0 aliphatic rings. The van der Waals surface area contributed by atoms with Crippen molar-refractivity contribution in [1.82, 2.24) is 5.32 Å². The predicted octanol–water partition coefficient (Wildman–Crippen LogP) is 19.4. The molecule has 0 heterocycles. The summed E-state index contributed by atoms with van der Waals surface area (Å²) in [6.45, 7) is 4.89. The lowest BCUT2D eigenvalue weighted by Gasteiger charge is -2.22. The first-order valence-corrected chi connectivity index (χ1v) is 30.9. The molecule has 0 aliphatic heterocycles. The van der Waals surface area contributed by atoms with E-state index in [1.165, 1.54) is 199 Å². The number of allylic oxidation sites excluding steroid dienone is 8. The Balaban J connectivity index is 3.50. The van der Waals surface area contributed by atoms with E-state index in [1.807, 2.05) is 0 Å². The number of carbonyl (C=O) groups is 2. The van der Waals surface area contributed by atoms with E-state index in [9.17, 15) is 19.8 Å². The largest absolute Gasteiger partial charge is 0.466 e. The number of ether oxygens (including phenoxy) is 1. The van der Waals surface area contributed by atoms with Crippen molar-refractivity contribution in [2.75, 3.05) is 13.2 Å². The molecule has 6 heteroatoms. The van der Waals surface area contributed by atoms with Crippen LogP contribution in [0.2, 0.25) is 0 Å². The maximum Gasteiger partial charge on any atom is 0.305 e. The van der Waals surface area contributed by atoms with Crippen molar-refractivity contribution in [2.45, 2.75) is 334 Å². The van der Waals surface area contributed by atoms with Crippen LogP contribution >= 0.6 is 0 Å². The van der Waals surface area contributed by atoms with Crippen LogP contribution in [0.4, 0.5) is 0 Å². The monoisotopic (exact) mass is 982 g/mol. The number of hydrogen-bond acceptors (Lipinski definition) is 5. The van der Waals surface area contributed by atoms with E-state index in [4.69, 9.17) is 4.74 Å². The number of nitrogens with one attached hydrogen (secondary N) is 1. The lowest BCUT2D eigenvalue weighted by atomic mass is 10.0. The highest BCUT2D eigenvalue weighted by Crippen LogP contribution is 2.17. The Bertz CT molecular complexity index is 1180. The molecule has 6 nitrogen and oxygen atoms in total. The van der Waals surface area contributed by atoms with Crippen LogP contribution in [0.5, 0.6) is 0 Å². The Hall–Kier alpha value is -2.18. The zero-order chi connectivity index (χ0) is 50.7. The molecule has 0 bridgehead atoms. The molecule has 0 saturated carbocycles. The van der Waals surface area contributed by atoms with Gasteiger partial charge in [-0.25, -0.2) is 0 Å². The fourth-order valence-corrected chi connectivity index (χ4v) is 9.35. The van der Waals surface area contributed by atoms with Crippen LogP contribution < -0.4 is 5.32 Å². The molecule has 410 valence electrons. The first kappa shape index (κ1) is 67.8. The highest BCUT2D eigenvalue weighted by molar-refractivity contribution is 5.76. The lowest BCUT2D eigenvalue weighted by Crippen LogP contribution is -2.45. The van der Waals surface area contributed by atoms with Gasteiger partial charge in [0.1, 0.15) is 0 Å². The van der Waals surface area contributed by atoms with Gasteiger partial charge in [0.2, 0.25) is 5.91 Å². The van der Waals surface area contributed by atoms with Gasteiger partial charge in [0.25, 0.3) is 0 Å². The first-order chi connectivity index (χ1) is 34.5.